The van der Waals surface area contributed by atoms with Crippen molar-refractivity contribution >= 4 is 11.4 Å². The van der Waals surface area contributed by atoms with Gasteiger partial charge >= 0.3 is 0 Å². The second kappa shape index (κ2) is 8.91. The Kier molecular flexibility index (Phi) is 5.52. The number of aromatic hydroxyl groups is 1. The minimum atomic E-state index is -0.214. The number of nitrogens with one attached hydrogen (secondary N) is 4. The van der Waals surface area contributed by atoms with E-state index in [2.05, 4.69) is 62.6 Å². The number of tetrazole rings is 1. The molecule has 0 amide bonds. The molecule has 0 atom stereocenters. The van der Waals surface area contributed by atoms with Gasteiger partial charge in [-0.1, -0.05) is 50.2 Å². The lowest BCUT2D eigenvalue weighted by atomic mass is 9.86. The minimum absolute atomic E-state index is 0.0413. The van der Waals surface area contributed by atoms with E-state index in [0.29, 0.717) is 28.5 Å². The molecule has 1 aliphatic rings. The molecule has 1 aliphatic carbocycles. The van der Waals surface area contributed by atoms with Crippen molar-refractivity contribution < 1.29 is 5.11 Å². The minimum Gasteiger partial charge on any atom is -0.505 e. The molecule has 2 aromatic heterocycles. The van der Waals surface area contributed by atoms with Crippen molar-refractivity contribution in [1.29, 1.82) is 0 Å². The number of aromatic nitrogens is 6. The van der Waals surface area contributed by atoms with Crippen molar-refractivity contribution in [2.75, 3.05) is 10.9 Å². The highest BCUT2D eigenvalue weighted by Crippen LogP contribution is 2.39. The number of fused-ring (bicyclic) bond motifs is 1. The number of phenolic OH excluding ortho intramolecular Hbond substituents is 1. The van der Waals surface area contributed by atoms with E-state index in [0.717, 1.165) is 29.7 Å². The summed E-state index contributed by atoms with van der Waals surface area (Å²) in [7, 11) is 0. The lowest BCUT2D eigenvalue weighted by Gasteiger charge is -2.19. The van der Waals surface area contributed by atoms with Gasteiger partial charge in [-0.3, -0.25) is 20.7 Å². The third kappa shape index (κ3) is 4.00. The van der Waals surface area contributed by atoms with Crippen LogP contribution in [0.5, 0.6) is 5.75 Å². The molecule has 10 heteroatoms. The largest absolute Gasteiger partial charge is 0.505 e. The molecule has 38 heavy (non-hydrogen) atoms. The van der Waals surface area contributed by atoms with E-state index in [4.69, 9.17) is 0 Å². The van der Waals surface area contributed by atoms with Crippen LogP contribution in [0.25, 0.3) is 28.2 Å². The average molecular weight is 509 g/mol. The molecule has 0 spiro atoms. The zero-order valence-corrected chi connectivity index (χ0v) is 21.3. The van der Waals surface area contributed by atoms with E-state index in [-0.39, 0.29) is 16.7 Å². The van der Waals surface area contributed by atoms with Gasteiger partial charge in [-0.05, 0) is 71.3 Å². The van der Waals surface area contributed by atoms with Gasteiger partial charge in [-0.25, -0.2) is 4.68 Å². The van der Waals surface area contributed by atoms with Gasteiger partial charge in [0.15, 0.2) is 0 Å². The highest BCUT2D eigenvalue weighted by molar-refractivity contribution is 5.80. The van der Waals surface area contributed by atoms with Crippen LogP contribution in [0.1, 0.15) is 37.1 Å². The summed E-state index contributed by atoms with van der Waals surface area (Å²) in [4.78, 5) is 13.3. The van der Waals surface area contributed by atoms with Crippen molar-refractivity contribution in [2.24, 2.45) is 0 Å². The standard InChI is InChI=1S/C28H28N8O2/c1-16-24(27(38)36(33-16)20-11-10-17-12-13-28(2,3)22(17)15-20)30-29-23-9-5-8-21(25(23)37)18-6-4-7-19(14-18)26-31-34-35-32-26/h4-11,14-15,29-30,33,37H,12-13H2,1-3H3,(H,31,32,34,35). The van der Waals surface area contributed by atoms with Crippen LogP contribution in [0.15, 0.2) is 65.5 Å². The zero-order chi connectivity index (χ0) is 26.4. The van der Waals surface area contributed by atoms with E-state index < -0.39 is 0 Å². The molecule has 0 saturated heterocycles. The van der Waals surface area contributed by atoms with E-state index in [1.165, 1.54) is 11.1 Å². The molecule has 0 radical (unpaired) electrons. The molecule has 0 aliphatic heterocycles. The Balaban J connectivity index is 1.27. The first-order chi connectivity index (χ1) is 18.3. The maximum atomic E-state index is 13.3. The van der Waals surface area contributed by atoms with Crippen LogP contribution in [0.4, 0.5) is 11.4 Å². The number of benzene rings is 3. The van der Waals surface area contributed by atoms with Gasteiger partial charge in [0.2, 0.25) is 5.82 Å². The van der Waals surface area contributed by atoms with E-state index in [9.17, 15) is 9.90 Å². The molecule has 5 N–H and O–H groups in total. The first kappa shape index (κ1) is 23.5. The van der Waals surface area contributed by atoms with Crippen LogP contribution < -0.4 is 16.4 Å². The molecule has 10 nitrogen and oxygen atoms in total. The lowest BCUT2D eigenvalue weighted by molar-refractivity contribution is 0.479. The second-order valence-electron chi connectivity index (χ2n) is 10.2. The second-order valence-corrected chi connectivity index (χ2v) is 10.2. The number of phenols is 1. The molecule has 2 heterocycles. The Hall–Kier alpha value is -4.86. The van der Waals surface area contributed by atoms with Gasteiger partial charge in [0.05, 0.1) is 17.1 Å². The quantitative estimate of drug-likeness (QED) is 0.166. The fourth-order valence-corrected chi connectivity index (χ4v) is 5.13. The van der Waals surface area contributed by atoms with E-state index in [1.54, 1.807) is 10.7 Å². The summed E-state index contributed by atoms with van der Waals surface area (Å²) in [5, 5.41) is 28.3. The third-order valence-electron chi connectivity index (χ3n) is 7.31. The molecule has 6 rings (SSSR count). The van der Waals surface area contributed by atoms with Crippen LogP contribution in [-0.4, -0.2) is 35.5 Å². The van der Waals surface area contributed by atoms with Gasteiger partial charge in [-0.15, -0.1) is 10.2 Å². The number of nitrogens with zero attached hydrogens (tertiary/aromatic N) is 4. The van der Waals surface area contributed by atoms with Gasteiger partial charge in [0, 0.05) is 11.1 Å². The number of para-hydroxylation sites is 1. The number of hydrogen-bond acceptors (Lipinski definition) is 7. The maximum absolute atomic E-state index is 13.3. The van der Waals surface area contributed by atoms with Crippen molar-refractivity contribution in [3.8, 4) is 34.0 Å². The average Bonchev–Trinajstić information content (AvgIpc) is 3.63. The highest BCUT2D eigenvalue weighted by Gasteiger charge is 2.30. The summed E-state index contributed by atoms with van der Waals surface area (Å²) < 4.78 is 1.55. The molecular weight excluding hydrogens is 480 g/mol. The number of aryl methyl sites for hydroxylation is 2. The van der Waals surface area contributed by atoms with Crippen LogP contribution in [0.3, 0.4) is 0 Å². The third-order valence-corrected chi connectivity index (χ3v) is 7.31. The Labute approximate surface area is 218 Å². The molecular formula is C28H28N8O2. The summed E-state index contributed by atoms with van der Waals surface area (Å²) in [6.45, 7) is 6.31. The SMILES string of the molecule is Cc1[nH]n(-c2ccc3c(c2)C(C)(C)CC3)c(=O)c1NNc1cccc(-c2cccc(-c3nn[nH]n3)c2)c1O. The number of rotatable bonds is 6. The number of aromatic amines is 2. The molecule has 0 unspecified atom stereocenters. The van der Waals surface area contributed by atoms with Gasteiger partial charge < -0.3 is 5.11 Å². The predicted molar refractivity (Wildman–Crippen MR) is 146 cm³/mol. The van der Waals surface area contributed by atoms with Crippen LogP contribution in [0.2, 0.25) is 0 Å². The van der Waals surface area contributed by atoms with Crippen molar-refractivity contribution in [3.05, 3.63) is 87.8 Å². The molecule has 0 bridgehead atoms. The van der Waals surface area contributed by atoms with E-state index >= 15 is 0 Å². The Morgan fingerprint density at radius 1 is 1.03 bits per heavy atom. The topological polar surface area (TPSA) is 137 Å². The van der Waals surface area contributed by atoms with E-state index in [1.807, 2.05) is 49.4 Å². The number of H-pyrrole nitrogens is 2. The molecule has 192 valence electrons. The zero-order valence-electron chi connectivity index (χ0n) is 21.3. The number of hydrogen-bond donors (Lipinski definition) is 5. The summed E-state index contributed by atoms with van der Waals surface area (Å²) in [6, 6.07) is 19.1. The summed E-state index contributed by atoms with van der Waals surface area (Å²) >= 11 is 0. The molecule has 3 aromatic carbocycles. The van der Waals surface area contributed by atoms with Gasteiger partial charge in [0.25, 0.3) is 5.56 Å². The van der Waals surface area contributed by atoms with Crippen LogP contribution in [-0.2, 0) is 11.8 Å². The summed E-state index contributed by atoms with van der Waals surface area (Å²) in [6.07, 6.45) is 2.16. The van der Waals surface area contributed by atoms with Crippen molar-refractivity contribution in [1.82, 2.24) is 30.4 Å². The number of anilines is 2. The predicted octanol–water partition coefficient (Wildman–Crippen LogP) is 4.69. The van der Waals surface area contributed by atoms with Crippen LogP contribution >= 0.6 is 0 Å². The van der Waals surface area contributed by atoms with Crippen molar-refractivity contribution in [2.45, 2.75) is 39.0 Å². The fourth-order valence-electron chi connectivity index (χ4n) is 5.13. The van der Waals surface area contributed by atoms with Crippen molar-refractivity contribution in [3.63, 3.8) is 0 Å². The number of hydrazine groups is 1. The summed E-state index contributed by atoms with van der Waals surface area (Å²) in [5.41, 5.74) is 13.0. The molecule has 0 saturated carbocycles. The summed E-state index contributed by atoms with van der Waals surface area (Å²) in [5.74, 6) is 0.507. The molecule has 5 aromatic rings. The highest BCUT2D eigenvalue weighted by atomic mass is 16.3. The first-order valence-corrected chi connectivity index (χ1v) is 12.5. The maximum Gasteiger partial charge on any atom is 0.296 e. The van der Waals surface area contributed by atoms with Gasteiger partial charge in [-0.2, -0.15) is 5.21 Å². The first-order valence-electron chi connectivity index (χ1n) is 12.5. The monoisotopic (exact) mass is 508 g/mol. The fraction of sp³-hybridized carbons (Fsp3) is 0.214. The lowest BCUT2D eigenvalue weighted by Crippen LogP contribution is -2.21. The van der Waals surface area contributed by atoms with Gasteiger partial charge in [0.1, 0.15) is 11.4 Å². The Bertz CT molecular complexity index is 1700. The smallest absolute Gasteiger partial charge is 0.296 e. The normalized spacial score (nSPS) is 13.9. The molecule has 0 fully saturated rings. The van der Waals surface area contributed by atoms with Crippen LogP contribution in [0, 0.1) is 6.92 Å². The Morgan fingerprint density at radius 3 is 2.66 bits per heavy atom. The Morgan fingerprint density at radius 2 is 1.84 bits per heavy atom.